The van der Waals surface area contributed by atoms with Gasteiger partial charge in [0.1, 0.15) is 62.9 Å². The first kappa shape index (κ1) is 22.9. The van der Waals surface area contributed by atoms with Gasteiger partial charge in [-0.3, -0.25) is 14.4 Å². The molecule has 0 spiro atoms. The highest BCUT2D eigenvalue weighted by Gasteiger charge is 2.36. The van der Waals surface area contributed by atoms with Gasteiger partial charge in [0.05, 0.1) is 45.2 Å². The van der Waals surface area contributed by atoms with Crippen LogP contribution in [0.2, 0.25) is 0 Å². The van der Waals surface area contributed by atoms with Gasteiger partial charge in [-0.25, -0.2) is 49.6 Å². The number of carbonyl (C=O) groups excluding carboxylic acids is 3. The van der Waals surface area contributed by atoms with Crippen LogP contribution in [0, 0.1) is 51.3 Å². The smallest absolute Gasteiger partial charge is 0.302 e. The van der Waals surface area contributed by atoms with Crippen molar-refractivity contribution >= 4 is 68.3 Å². The molecular weight excluding hydrogens is 901 g/mol. The number of fused-ring (bicyclic) bond motifs is 3. The van der Waals surface area contributed by atoms with E-state index < -0.39 is 158 Å². The van der Waals surface area contributed by atoms with Crippen LogP contribution in [-0.4, -0.2) is 175 Å². The molecule has 3 N–H and O–H groups in total. The van der Waals surface area contributed by atoms with Crippen molar-refractivity contribution in [1.29, 1.82) is 0 Å². The highest BCUT2D eigenvalue weighted by molar-refractivity contribution is 5.90. The molecule has 21 nitrogen and oxygen atoms in total. The van der Waals surface area contributed by atoms with Gasteiger partial charge in [0.25, 0.3) is 19.5 Å². The van der Waals surface area contributed by atoms with Crippen LogP contribution >= 0.6 is 0 Å². The van der Waals surface area contributed by atoms with Crippen molar-refractivity contribution in [3.05, 3.63) is 88.9 Å². The maximum atomic E-state index is 13.2. The lowest BCUT2D eigenvalue weighted by Gasteiger charge is -2.41. The van der Waals surface area contributed by atoms with Gasteiger partial charge < -0.3 is 58.9 Å². The van der Waals surface area contributed by atoms with Gasteiger partial charge in [-0.2, -0.15) is 0 Å². The molecule has 3 amide bonds. The summed E-state index contributed by atoms with van der Waals surface area (Å²) in [6.07, 6.45) is -4.30. The van der Waals surface area contributed by atoms with Gasteiger partial charge >= 0.3 is 17.7 Å². The van der Waals surface area contributed by atoms with Gasteiger partial charge in [0.15, 0.2) is 0 Å². The minimum atomic E-state index is -4.44. The van der Waals surface area contributed by atoms with E-state index in [0.717, 1.165) is 11.7 Å². The number of H-pyrrole nitrogens is 3. The third-order valence-electron chi connectivity index (χ3n) is 10.6. The van der Waals surface area contributed by atoms with E-state index >= 15 is 0 Å². The van der Waals surface area contributed by atoms with Crippen molar-refractivity contribution in [2.24, 2.45) is 17.7 Å². The largest absolute Gasteiger partial charge is 0.354 e. The van der Waals surface area contributed by atoms with E-state index in [2.05, 4.69) is 66.3 Å². The minimum absolute atomic E-state index is 0.0552. The molecule has 9 heterocycles. The molecule has 3 saturated heterocycles. The third-order valence-corrected chi connectivity index (χ3v) is 10.6. The molecule has 71 heavy (non-hydrogen) atoms. The summed E-state index contributed by atoms with van der Waals surface area (Å²) in [6.45, 7) is -11.3. The van der Waals surface area contributed by atoms with Crippen LogP contribution in [0.25, 0.3) is 47.6 Å². The first-order valence-corrected chi connectivity index (χ1v) is 20.6. The SMILES string of the molecule is [2H]c1c(C)[nH]c2ncnc(N(C([2H])([2H])[2H])[C@@]3([2H])C([2H])([2H])N(C(=O)C([2H])([2H])[N+]#[C-])C([2H])([2H])C([2H])([2H])[C@@]3([2H])C([2H])([2H])[2H])c12.[2H]c1c(C)[nH]c2ncnc(N(C([2H])([2H])[2H])[C@@]3([2H])C([2H])([2H])N(C(=O)C([2H])([2H])[N+]#[C-])C([2H])([2H])C([2H])([2H])[C@@]3([2H])C)c12.[2H]c1nc(N(C)[C@H]2CN(C(=O)C([2H])([2H])[N+]#[C-])CC[C@H]2C)c2cc[nH]c2n1. The number of hydrogen-bond donors (Lipinski definition) is 3. The summed E-state index contributed by atoms with van der Waals surface area (Å²) in [7, 11) is 1.85. The second-order valence-corrected chi connectivity index (χ2v) is 15.2. The van der Waals surface area contributed by atoms with Crippen molar-refractivity contribution in [3.8, 4) is 0 Å². The van der Waals surface area contributed by atoms with Crippen LogP contribution in [0.3, 0.4) is 0 Å². The van der Waals surface area contributed by atoms with Crippen LogP contribution in [0.5, 0.6) is 0 Å². The molecule has 0 aromatic carbocycles. The van der Waals surface area contributed by atoms with Gasteiger partial charge in [0.2, 0.25) is 0 Å². The number of nitrogens with zero attached hydrogens (tertiary/aromatic N) is 15. The summed E-state index contributed by atoms with van der Waals surface area (Å²) < 4.78 is 282. The first-order chi connectivity index (χ1) is 47.2. The Kier molecular flexibility index (Phi) is 7.33. The maximum Gasteiger partial charge on any atom is 0.302 e. The van der Waals surface area contributed by atoms with E-state index in [9.17, 15) is 17.1 Å². The van der Waals surface area contributed by atoms with Crippen molar-refractivity contribution in [2.75, 3.05) is 94.3 Å². The molecule has 0 aliphatic carbocycles. The fourth-order valence-corrected chi connectivity index (χ4v) is 7.17. The average Bonchev–Trinajstić information content (AvgIpc) is 0.692. The van der Waals surface area contributed by atoms with Gasteiger partial charge in [-0.05, 0) is 68.9 Å². The Bertz CT molecular complexity index is 4550. The number of piperidine rings is 3. The molecule has 0 saturated carbocycles. The summed E-state index contributed by atoms with van der Waals surface area (Å²) in [5, 5.41) is -0.0848. The van der Waals surface area contributed by atoms with Gasteiger partial charge in [-0.1, -0.05) is 20.7 Å². The number of aromatic nitrogens is 9. The molecule has 6 aromatic rings. The molecular formula is C50H64N18O3. The van der Waals surface area contributed by atoms with Crippen molar-refractivity contribution in [2.45, 2.75) is 71.8 Å². The van der Waals surface area contributed by atoms with Crippen LogP contribution in [-0.2, 0) is 14.4 Å². The highest BCUT2D eigenvalue weighted by Crippen LogP contribution is 2.32. The van der Waals surface area contributed by atoms with Crippen molar-refractivity contribution in [1.82, 2.24) is 59.6 Å². The number of anilines is 3. The minimum Gasteiger partial charge on any atom is -0.354 e. The standard InChI is InChI=1S/2C17H22N6O.C16H20N6O/c2*1-11-5-6-23(15(24)8-18-3)9-14(11)22(4)17-13-7-12(2)21-16(13)19-10-20-17;1-11-5-7-22(14(23)8-17-2)9-13(11)21(3)16-12-4-6-18-15(12)19-10-20-16/h2*7,10-11,14H,5-6,8-9H2,1-2,4H3,(H,19,20,21);4,6,10-11,13H,5,7-9H2,1,3H3,(H,18,19,20)/t2*11-,14+;11-,13+/m111/s1/i1D3,4D3,5D2,6D2,7D,8D2,9D2,11D,14D;4D3,5D2,6D2,7D,8D2,9D2,11D,14D;8D2,10D. The Morgan fingerprint density at radius 3 is 1.82 bits per heavy atom. The maximum absolute atomic E-state index is 13.2. The zero-order valence-corrected chi connectivity index (χ0v) is 38.0. The van der Waals surface area contributed by atoms with Gasteiger partial charge in [-0.15, -0.1) is 0 Å². The molecule has 372 valence electrons. The molecule has 3 fully saturated rings. The quantitative estimate of drug-likeness (QED) is 0.159. The Labute approximate surface area is 462 Å². The Morgan fingerprint density at radius 2 is 1.28 bits per heavy atom. The Hall–Kier alpha value is -7.86. The number of amides is 3. The summed E-state index contributed by atoms with van der Waals surface area (Å²) >= 11 is 0. The number of rotatable bonds is 9. The Balaban J connectivity index is 0.000000225. The highest BCUT2D eigenvalue weighted by atomic mass is 16.2. The molecule has 0 unspecified atom stereocenters. The molecule has 0 radical (unpaired) electrons. The number of likely N-dealkylation sites (tertiary alicyclic amines) is 3. The molecule has 9 rings (SSSR count). The second-order valence-electron chi connectivity index (χ2n) is 15.2. The number of nitrogens with one attached hydrogen (secondary N) is 3. The lowest BCUT2D eigenvalue weighted by molar-refractivity contribution is -0.131. The number of hydrogen-bond acceptors (Lipinski definition) is 12. The normalized spacial score (nSPS) is 37.5. The summed E-state index contributed by atoms with van der Waals surface area (Å²) in [4.78, 5) is 79.3. The molecule has 21 heteroatoms. The van der Waals surface area contributed by atoms with E-state index in [0.29, 0.717) is 44.2 Å². The number of likely N-dealkylation sites (N-methyl/N-ethyl adjacent to an activating group) is 3. The van der Waals surface area contributed by atoms with Crippen LogP contribution in [0.1, 0.15) is 97.9 Å². The van der Waals surface area contributed by atoms with Crippen LogP contribution < -0.4 is 14.7 Å². The number of carbonyl (C=O) groups is 3. The van der Waals surface area contributed by atoms with Crippen molar-refractivity contribution < 1.29 is 61.0 Å². The van der Waals surface area contributed by atoms with Crippen LogP contribution in [0.15, 0.2) is 43.3 Å². The zero-order valence-electron chi connectivity index (χ0n) is 72.0. The summed E-state index contributed by atoms with van der Waals surface area (Å²) in [5.74, 6) is -14.3. The zero-order chi connectivity index (χ0) is 80.9. The third kappa shape index (κ3) is 11.4. The monoisotopic (exact) mass is 999 g/mol. The predicted molar refractivity (Wildman–Crippen MR) is 273 cm³/mol. The molecule has 6 atom stereocenters. The van der Waals surface area contributed by atoms with E-state index in [1.54, 1.807) is 6.20 Å². The fraction of sp³-hybridized carbons (Fsp3) is 0.520. The molecule has 3 aliphatic rings. The fourth-order valence-electron chi connectivity index (χ4n) is 7.17. The van der Waals surface area contributed by atoms with E-state index in [1.165, 1.54) is 18.7 Å². The lowest BCUT2D eigenvalue weighted by Crippen LogP contribution is -2.53. The second kappa shape index (κ2) is 22.7. The number of aromatic amines is 3. The molecule has 6 aromatic heterocycles. The van der Waals surface area contributed by atoms with Gasteiger partial charge in [0, 0.05) is 104 Å². The summed E-state index contributed by atoms with van der Waals surface area (Å²) in [5.41, 5.74) is 0.424. The predicted octanol–water partition coefficient (Wildman–Crippen LogP) is 5.27. The number of aryl methyl sites for hydroxylation is 2. The molecule has 0 bridgehead atoms. The lowest BCUT2D eigenvalue weighted by atomic mass is 9.92. The first-order valence-electron chi connectivity index (χ1n) is 37.6. The summed E-state index contributed by atoms with van der Waals surface area (Å²) in [6, 6.07) is -7.39. The Morgan fingerprint density at radius 1 is 0.761 bits per heavy atom. The van der Waals surface area contributed by atoms with Crippen molar-refractivity contribution in [3.63, 3.8) is 0 Å². The van der Waals surface area contributed by atoms with Crippen LogP contribution in [0.4, 0.5) is 17.5 Å². The van der Waals surface area contributed by atoms with E-state index in [4.69, 9.17) is 63.6 Å². The topological polar surface area (TPSA) is 208 Å². The average molecular weight is 999 g/mol. The van der Waals surface area contributed by atoms with E-state index in [-0.39, 0.29) is 57.3 Å². The van der Waals surface area contributed by atoms with E-state index in [1.807, 2.05) is 18.0 Å². The molecule has 3 aliphatic heterocycles.